The number of anilines is 1. The van der Waals surface area contributed by atoms with Crippen molar-refractivity contribution in [1.82, 2.24) is 19.8 Å². The molecule has 3 aliphatic carbocycles. The van der Waals surface area contributed by atoms with Crippen LogP contribution in [-0.2, 0) is 4.79 Å². The van der Waals surface area contributed by atoms with Gasteiger partial charge in [0.1, 0.15) is 6.29 Å². The average molecular weight is 510 g/mol. The predicted molar refractivity (Wildman–Crippen MR) is 141 cm³/mol. The molecule has 6 rings (SSSR count). The summed E-state index contributed by atoms with van der Waals surface area (Å²) in [6, 6.07) is 2.74. The van der Waals surface area contributed by atoms with Crippen LogP contribution in [0.3, 0.4) is 0 Å². The summed E-state index contributed by atoms with van der Waals surface area (Å²) >= 11 is 0. The summed E-state index contributed by atoms with van der Waals surface area (Å²) in [6.07, 6.45) is 13.8. The predicted octanol–water partition coefficient (Wildman–Crippen LogP) is 4.55. The Bertz CT molecular complexity index is 1180. The fourth-order valence-electron chi connectivity index (χ4n) is 7.14. The first-order valence-electron chi connectivity index (χ1n) is 13.8. The topological polar surface area (TPSA) is 55.5 Å². The quantitative estimate of drug-likeness (QED) is 0.530. The van der Waals surface area contributed by atoms with Crippen LogP contribution in [0.1, 0.15) is 38.5 Å². The standard InChI is InChI=1S/C29H37F2N5O/c1-34-10-12-35(13-11-34)8-3-9-36(28-32-26-16-24(30)25(31)17-27(26)33-28)23-6-7-29(18-22(29)15-23)21-5-2-4-20(14-21)19-37/h2,4,14,16-17,19,21-23H,3,5-13,15,18H2,1H3,(H,32,33)/t21?,22?,23-,29-/m1/s1. The van der Waals surface area contributed by atoms with Gasteiger partial charge in [0.05, 0.1) is 11.0 Å². The summed E-state index contributed by atoms with van der Waals surface area (Å²) < 4.78 is 27.8. The number of hydrogen-bond donors (Lipinski definition) is 1. The van der Waals surface area contributed by atoms with Crippen LogP contribution < -0.4 is 4.90 Å². The lowest BCUT2D eigenvalue weighted by atomic mass is 9.73. The molecule has 0 spiro atoms. The van der Waals surface area contributed by atoms with Gasteiger partial charge in [0.15, 0.2) is 11.6 Å². The zero-order chi connectivity index (χ0) is 25.6. The molecule has 0 amide bonds. The number of benzene rings is 1. The van der Waals surface area contributed by atoms with Crippen molar-refractivity contribution in [3.63, 3.8) is 0 Å². The molecule has 4 atom stereocenters. The minimum absolute atomic E-state index is 0.321. The molecule has 1 aromatic carbocycles. The van der Waals surface area contributed by atoms with Gasteiger partial charge in [-0.25, -0.2) is 13.8 Å². The Morgan fingerprint density at radius 1 is 1.22 bits per heavy atom. The fourth-order valence-corrected chi connectivity index (χ4v) is 7.14. The van der Waals surface area contributed by atoms with E-state index in [1.165, 1.54) is 18.6 Å². The van der Waals surface area contributed by atoms with E-state index in [2.05, 4.69) is 38.9 Å². The van der Waals surface area contributed by atoms with E-state index in [4.69, 9.17) is 4.98 Å². The Labute approximate surface area is 217 Å². The first kappa shape index (κ1) is 24.7. The Morgan fingerprint density at radius 3 is 2.81 bits per heavy atom. The molecule has 2 unspecified atom stereocenters. The molecule has 1 N–H and O–H groups in total. The molecule has 1 aliphatic heterocycles. The molecule has 0 radical (unpaired) electrons. The second-order valence-electron chi connectivity index (χ2n) is 11.6. The van der Waals surface area contributed by atoms with Gasteiger partial charge < -0.3 is 19.7 Å². The molecule has 2 aromatic rings. The van der Waals surface area contributed by atoms with Crippen molar-refractivity contribution >= 4 is 23.3 Å². The minimum atomic E-state index is -0.864. The number of nitrogens with zero attached hydrogens (tertiary/aromatic N) is 4. The van der Waals surface area contributed by atoms with Crippen molar-refractivity contribution < 1.29 is 13.6 Å². The Balaban J connectivity index is 1.18. The largest absolute Gasteiger partial charge is 0.339 e. The Hall–Kier alpha value is -2.58. The van der Waals surface area contributed by atoms with Gasteiger partial charge in [-0.3, -0.25) is 4.79 Å². The number of nitrogens with one attached hydrogen (secondary N) is 1. The van der Waals surface area contributed by atoms with Crippen LogP contribution in [0.15, 0.2) is 35.9 Å². The number of hydrogen-bond acceptors (Lipinski definition) is 5. The molecule has 1 aromatic heterocycles. The van der Waals surface area contributed by atoms with Crippen molar-refractivity contribution in [3.8, 4) is 0 Å². The summed E-state index contributed by atoms with van der Waals surface area (Å²) in [4.78, 5) is 26.7. The number of aromatic nitrogens is 2. The number of carbonyl (C=O) groups excluding carboxylic acids is 1. The van der Waals surface area contributed by atoms with Crippen molar-refractivity contribution in [2.24, 2.45) is 17.3 Å². The number of piperazine rings is 1. The number of likely N-dealkylation sites (N-methyl/N-ethyl adjacent to an activating group) is 1. The van der Waals surface area contributed by atoms with Crippen molar-refractivity contribution in [3.05, 3.63) is 47.6 Å². The van der Waals surface area contributed by atoms with Gasteiger partial charge >= 0.3 is 0 Å². The summed E-state index contributed by atoms with van der Waals surface area (Å²) in [6.45, 7) is 6.31. The normalized spacial score (nSPS) is 30.2. The number of aldehydes is 1. The van der Waals surface area contributed by atoms with Crippen molar-refractivity contribution in [2.75, 3.05) is 51.2 Å². The van der Waals surface area contributed by atoms with Crippen molar-refractivity contribution in [1.29, 1.82) is 0 Å². The maximum atomic E-state index is 13.9. The number of fused-ring (bicyclic) bond motifs is 2. The van der Waals surface area contributed by atoms with Crippen LogP contribution in [0.5, 0.6) is 0 Å². The van der Waals surface area contributed by atoms with Gasteiger partial charge in [-0.05, 0) is 69.4 Å². The van der Waals surface area contributed by atoms with E-state index in [0.29, 0.717) is 34.3 Å². The number of aromatic amines is 1. The lowest BCUT2D eigenvalue weighted by Gasteiger charge is -2.39. The molecule has 37 heavy (non-hydrogen) atoms. The second-order valence-corrected chi connectivity index (χ2v) is 11.6. The van der Waals surface area contributed by atoms with Gasteiger partial charge in [0.2, 0.25) is 5.95 Å². The van der Waals surface area contributed by atoms with E-state index in [-0.39, 0.29) is 0 Å². The van der Waals surface area contributed by atoms with E-state index >= 15 is 0 Å². The number of halogens is 2. The van der Waals surface area contributed by atoms with Gasteiger partial charge in [-0.2, -0.15) is 0 Å². The average Bonchev–Trinajstić information content (AvgIpc) is 3.53. The van der Waals surface area contributed by atoms with Crippen LogP contribution in [0.25, 0.3) is 11.0 Å². The molecule has 6 nitrogen and oxygen atoms in total. The third-order valence-corrected chi connectivity index (χ3v) is 9.44. The third-order valence-electron chi connectivity index (χ3n) is 9.44. The molecule has 4 aliphatic rings. The van der Waals surface area contributed by atoms with E-state index in [1.54, 1.807) is 0 Å². The van der Waals surface area contributed by atoms with Crippen molar-refractivity contribution in [2.45, 2.75) is 44.6 Å². The monoisotopic (exact) mass is 509 g/mol. The van der Waals surface area contributed by atoms with Crippen LogP contribution in [-0.4, -0.2) is 78.4 Å². The maximum Gasteiger partial charge on any atom is 0.204 e. The van der Waals surface area contributed by atoms with Crippen LogP contribution in [0.4, 0.5) is 14.7 Å². The molecule has 198 valence electrons. The number of rotatable bonds is 8. The number of H-pyrrole nitrogens is 1. The van der Waals surface area contributed by atoms with E-state index < -0.39 is 11.6 Å². The van der Waals surface area contributed by atoms with Crippen LogP contribution in [0.2, 0.25) is 0 Å². The Morgan fingerprint density at radius 2 is 2.03 bits per heavy atom. The molecular weight excluding hydrogens is 472 g/mol. The van der Waals surface area contributed by atoms with Gasteiger partial charge in [0, 0.05) is 56.5 Å². The molecule has 2 heterocycles. The highest BCUT2D eigenvalue weighted by atomic mass is 19.2. The summed E-state index contributed by atoms with van der Waals surface area (Å²) in [5, 5.41) is 0. The SMILES string of the molecule is CN1CCN(CCCN(c2nc3cc(F)c(F)cc3[nH]2)[C@@H]2CC[C@]3(C4C=C(C=O)C=CC4)CC3C2)CC1. The van der Waals surface area contributed by atoms with E-state index in [0.717, 1.165) is 89.2 Å². The minimum Gasteiger partial charge on any atom is -0.339 e. The fraction of sp³-hybridized carbons (Fsp3) is 0.586. The van der Waals surface area contributed by atoms with Crippen LogP contribution >= 0.6 is 0 Å². The van der Waals surface area contributed by atoms with Gasteiger partial charge in [0.25, 0.3) is 0 Å². The number of allylic oxidation sites excluding steroid dienone is 4. The Kier molecular flexibility index (Phi) is 6.65. The molecule has 8 heteroatoms. The van der Waals surface area contributed by atoms with Gasteiger partial charge in [-0.1, -0.05) is 18.2 Å². The molecular formula is C29H37F2N5O. The highest BCUT2D eigenvalue weighted by Crippen LogP contribution is 2.67. The van der Waals surface area contributed by atoms with Crippen LogP contribution in [0, 0.1) is 28.9 Å². The van der Waals surface area contributed by atoms with E-state index in [9.17, 15) is 13.6 Å². The summed E-state index contributed by atoms with van der Waals surface area (Å²) in [5.74, 6) is 0.101. The molecule has 3 fully saturated rings. The lowest BCUT2D eigenvalue weighted by molar-refractivity contribution is -0.104. The molecule has 0 bridgehead atoms. The maximum absolute atomic E-state index is 13.9. The first-order chi connectivity index (χ1) is 17.9. The summed E-state index contributed by atoms with van der Waals surface area (Å²) in [7, 11) is 2.17. The van der Waals surface area contributed by atoms with Gasteiger partial charge in [-0.15, -0.1) is 0 Å². The lowest BCUT2D eigenvalue weighted by Crippen LogP contribution is -2.46. The number of carbonyl (C=O) groups is 1. The van der Waals surface area contributed by atoms with E-state index in [1.807, 2.05) is 6.08 Å². The third kappa shape index (κ3) is 4.86. The molecule has 1 saturated heterocycles. The summed E-state index contributed by atoms with van der Waals surface area (Å²) in [5.41, 5.74) is 2.14. The smallest absolute Gasteiger partial charge is 0.204 e. The molecule has 2 saturated carbocycles. The zero-order valence-corrected chi connectivity index (χ0v) is 21.6. The highest BCUT2D eigenvalue weighted by molar-refractivity contribution is 5.78. The number of imidazole rings is 1. The zero-order valence-electron chi connectivity index (χ0n) is 21.6. The second kappa shape index (κ2) is 9.95. The highest BCUT2D eigenvalue weighted by Gasteiger charge is 2.60. The first-order valence-corrected chi connectivity index (χ1v) is 13.8.